The van der Waals surface area contributed by atoms with Gasteiger partial charge in [0, 0.05) is 15.3 Å². The summed E-state index contributed by atoms with van der Waals surface area (Å²) in [5, 5.41) is 3.47. The first kappa shape index (κ1) is 11.2. The van der Waals surface area contributed by atoms with E-state index in [2.05, 4.69) is 41.8 Å². The molecule has 0 aliphatic heterocycles. The van der Waals surface area contributed by atoms with Crippen LogP contribution in [0.2, 0.25) is 0 Å². The van der Waals surface area contributed by atoms with E-state index < -0.39 is 0 Å². The lowest BCUT2D eigenvalue weighted by molar-refractivity contribution is 0.493. The first-order valence-electron chi connectivity index (χ1n) is 5.23. The Bertz CT molecular complexity index is 374. The minimum absolute atomic E-state index is 0.171. The molecule has 0 amide bonds. The summed E-state index contributed by atoms with van der Waals surface area (Å²) in [4.78, 5) is 0. The van der Waals surface area contributed by atoms with Crippen LogP contribution in [-0.4, -0.2) is 6.04 Å². The molecule has 0 radical (unpaired) electrons. The fourth-order valence-electron chi connectivity index (χ4n) is 1.64. The fourth-order valence-corrected chi connectivity index (χ4v) is 2.28. The van der Waals surface area contributed by atoms with Gasteiger partial charge in [0.2, 0.25) is 0 Å². The Kier molecular flexibility index (Phi) is 2.92. The van der Waals surface area contributed by atoms with Crippen molar-refractivity contribution in [1.29, 1.82) is 0 Å². The molecule has 1 aliphatic carbocycles. The molecule has 1 atom stereocenters. The van der Waals surface area contributed by atoms with Gasteiger partial charge in [-0.25, -0.2) is 4.39 Å². The normalized spacial score (nSPS) is 19.7. The Morgan fingerprint density at radius 1 is 1.47 bits per heavy atom. The van der Waals surface area contributed by atoms with Crippen molar-refractivity contribution >= 4 is 28.3 Å². The van der Waals surface area contributed by atoms with Crippen molar-refractivity contribution in [2.45, 2.75) is 32.7 Å². The summed E-state index contributed by atoms with van der Waals surface area (Å²) in [6.45, 7) is 4.49. The summed E-state index contributed by atoms with van der Waals surface area (Å²) in [5.74, 6) is -0.171. The van der Waals surface area contributed by atoms with E-state index in [-0.39, 0.29) is 5.82 Å². The van der Waals surface area contributed by atoms with Crippen molar-refractivity contribution in [3.63, 3.8) is 0 Å². The van der Waals surface area contributed by atoms with Gasteiger partial charge in [0.25, 0.3) is 0 Å². The Hall–Kier alpha value is -0.320. The van der Waals surface area contributed by atoms with Crippen LogP contribution in [-0.2, 0) is 0 Å². The van der Waals surface area contributed by atoms with E-state index in [1.165, 1.54) is 18.9 Å². The van der Waals surface area contributed by atoms with Gasteiger partial charge in [-0.2, -0.15) is 0 Å². The Balaban J connectivity index is 2.10. The number of benzene rings is 1. The first-order valence-corrected chi connectivity index (χ1v) is 6.31. The molecular weight excluding hydrogens is 304 g/mol. The minimum Gasteiger partial charge on any atom is -0.381 e. The largest absolute Gasteiger partial charge is 0.381 e. The summed E-state index contributed by atoms with van der Waals surface area (Å²) in [6, 6.07) is 5.34. The molecule has 0 spiro atoms. The minimum atomic E-state index is -0.171. The fraction of sp³-hybridized carbons (Fsp3) is 0.500. The van der Waals surface area contributed by atoms with Crippen molar-refractivity contribution in [3.05, 3.63) is 27.6 Å². The maximum atomic E-state index is 12.9. The summed E-state index contributed by atoms with van der Waals surface area (Å²) in [7, 11) is 0. The van der Waals surface area contributed by atoms with Gasteiger partial charge in [-0.3, -0.25) is 0 Å². The molecule has 0 heterocycles. The van der Waals surface area contributed by atoms with E-state index in [1.54, 1.807) is 6.07 Å². The van der Waals surface area contributed by atoms with Crippen LogP contribution in [0.4, 0.5) is 10.1 Å². The van der Waals surface area contributed by atoms with E-state index >= 15 is 0 Å². The molecular formula is C12H15FIN. The summed E-state index contributed by atoms with van der Waals surface area (Å²) in [5.41, 5.74) is 1.48. The van der Waals surface area contributed by atoms with Gasteiger partial charge < -0.3 is 5.32 Å². The van der Waals surface area contributed by atoms with Crippen LogP contribution in [0.25, 0.3) is 0 Å². The van der Waals surface area contributed by atoms with Crippen molar-refractivity contribution in [2.24, 2.45) is 5.41 Å². The van der Waals surface area contributed by atoms with Crippen LogP contribution in [0.15, 0.2) is 18.2 Å². The molecule has 2 rings (SSSR count). The average Bonchev–Trinajstić information content (AvgIpc) is 2.90. The first-order chi connectivity index (χ1) is 7.01. The molecule has 1 fully saturated rings. The molecule has 1 aliphatic rings. The van der Waals surface area contributed by atoms with E-state index in [4.69, 9.17) is 0 Å². The lowest BCUT2D eigenvalue weighted by Crippen LogP contribution is -2.25. The van der Waals surface area contributed by atoms with E-state index in [0.29, 0.717) is 11.5 Å². The lowest BCUT2D eigenvalue weighted by Gasteiger charge is -2.22. The van der Waals surface area contributed by atoms with Crippen LogP contribution < -0.4 is 5.32 Å². The third kappa shape index (κ3) is 2.44. The molecule has 3 heteroatoms. The zero-order valence-electron chi connectivity index (χ0n) is 8.98. The maximum Gasteiger partial charge on any atom is 0.124 e. The van der Waals surface area contributed by atoms with Crippen LogP contribution in [0.1, 0.15) is 26.7 Å². The zero-order valence-corrected chi connectivity index (χ0v) is 11.1. The van der Waals surface area contributed by atoms with Crippen molar-refractivity contribution in [1.82, 2.24) is 0 Å². The molecule has 0 saturated heterocycles. The highest BCUT2D eigenvalue weighted by atomic mass is 127. The second kappa shape index (κ2) is 3.92. The third-order valence-corrected chi connectivity index (χ3v) is 4.28. The number of hydrogen-bond acceptors (Lipinski definition) is 1. The van der Waals surface area contributed by atoms with Crippen LogP contribution in [0.3, 0.4) is 0 Å². The second-order valence-corrected chi connectivity index (χ2v) is 5.81. The van der Waals surface area contributed by atoms with Crippen molar-refractivity contribution in [2.75, 3.05) is 5.32 Å². The lowest BCUT2D eigenvalue weighted by atomic mass is 10.0. The highest BCUT2D eigenvalue weighted by molar-refractivity contribution is 14.1. The third-order valence-electron chi connectivity index (χ3n) is 3.39. The highest BCUT2D eigenvalue weighted by Gasteiger charge is 2.42. The number of halogens is 2. The summed E-state index contributed by atoms with van der Waals surface area (Å²) in [6.07, 6.45) is 2.58. The predicted octanol–water partition coefficient (Wildman–Crippen LogP) is 4.03. The van der Waals surface area contributed by atoms with Gasteiger partial charge in [-0.1, -0.05) is 6.92 Å². The molecule has 1 nitrogen and oxygen atoms in total. The van der Waals surface area contributed by atoms with Crippen molar-refractivity contribution < 1.29 is 4.39 Å². The SMILES string of the molecule is CC(Nc1ccc(F)cc1I)C1(C)CC1. The topological polar surface area (TPSA) is 12.0 Å². The predicted molar refractivity (Wildman–Crippen MR) is 69.5 cm³/mol. The number of rotatable bonds is 3. The van der Waals surface area contributed by atoms with Gasteiger partial charge in [0.15, 0.2) is 0 Å². The Morgan fingerprint density at radius 2 is 2.13 bits per heavy atom. The standard InChI is InChI=1S/C12H15FIN/c1-8(12(2)5-6-12)15-11-4-3-9(13)7-10(11)14/h3-4,7-8,15H,5-6H2,1-2H3. The number of hydrogen-bond donors (Lipinski definition) is 1. The highest BCUT2D eigenvalue weighted by Crippen LogP contribution is 2.48. The quantitative estimate of drug-likeness (QED) is 0.830. The van der Waals surface area contributed by atoms with E-state index in [1.807, 2.05) is 6.07 Å². The summed E-state index contributed by atoms with van der Waals surface area (Å²) >= 11 is 2.17. The van der Waals surface area contributed by atoms with Gasteiger partial charge >= 0.3 is 0 Å². The Labute approximate surface area is 104 Å². The molecule has 1 N–H and O–H groups in total. The van der Waals surface area contributed by atoms with E-state index in [9.17, 15) is 4.39 Å². The second-order valence-electron chi connectivity index (χ2n) is 4.64. The van der Waals surface area contributed by atoms with Gasteiger partial charge in [0.1, 0.15) is 5.82 Å². The molecule has 1 aromatic rings. The maximum absolute atomic E-state index is 12.9. The van der Waals surface area contributed by atoms with E-state index in [0.717, 1.165) is 9.26 Å². The van der Waals surface area contributed by atoms with Crippen LogP contribution in [0.5, 0.6) is 0 Å². The van der Waals surface area contributed by atoms with Crippen molar-refractivity contribution in [3.8, 4) is 0 Å². The van der Waals surface area contributed by atoms with Gasteiger partial charge in [0.05, 0.1) is 0 Å². The zero-order chi connectivity index (χ0) is 11.1. The Morgan fingerprint density at radius 3 is 2.67 bits per heavy atom. The smallest absolute Gasteiger partial charge is 0.124 e. The molecule has 15 heavy (non-hydrogen) atoms. The number of anilines is 1. The molecule has 0 bridgehead atoms. The summed E-state index contributed by atoms with van der Waals surface area (Å²) < 4.78 is 13.8. The van der Waals surface area contributed by atoms with Crippen LogP contribution >= 0.6 is 22.6 Å². The molecule has 0 aromatic heterocycles. The van der Waals surface area contributed by atoms with Gasteiger partial charge in [-0.15, -0.1) is 0 Å². The monoisotopic (exact) mass is 319 g/mol. The van der Waals surface area contributed by atoms with Crippen LogP contribution in [0, 0.1) is 14.8 Å². The average molecular weight is 319 g/mol. The molecule has 82 valence electrons. The molecule has 1 aromatic carbocycles. The molecule has 1 unspecified atom stereocenters. The van der Waals surface area contributed by atoms with Gasteiger partial charge in [-0.05, 0) is 66.0 Å². The molecule has 1 saturated carbocycles. The number of nitrogens with one attached hydrogen (secondary N) is 1.